The average molecular weight is 442 g/mol. The number of amides is 1. The summed E-state index contributed by atoms with van der Waals surface area (Å²) in [6.07, 6.45) is -4.42. The van der Waals surface area contributed by atoms with Gasteiger partial charge in [-0.15, -0.1) is 10.2 Å². The maximum absolute atomic E-state index is 12.8. The quantitative estimate of drug-likeness (QED) is 0.494. The number of carbonyl (C=O) groups is 1. The predicted molar refractivity (Wildman–Crippen MR) is 103 cm³/mol. The van der Waals surface area contributed by atoms with Crippen molar-refractivity contribution >= 4 is 29.3 Å². The van der Waals surface area contributed by atoms with Crippen molar-refractivity contribution < 1.29 is 22.4 Å². The third-order valence-corrected chi connectivity index (χ3v) is 4.97. The summed E-state index contributed by atoms with van der Waals surface area (Å²) in [6.45, 7) is 0.0587. The van der Waals surface area contributed by atoms with E-state index in [-0.39, 0.29) is 23.4 Å². The summed E-state index contributed by atoms with van der Waals surface area (Å²) in [4.78, 5) is 13.6. The average Bonchev–Trinajstić information content (AvgIpc) is 3.15. The molecule has 152 valence electrons. The molecule has 0 radical (unpaired) electrons. The Balaban J connectivity index is 1.56. The molecule has 0 saturated carbocycles. The minimum absolute atomic E-state index is 0.0116. The fourth-order valence-electron chi connectivity index (χ4n) is 2.42. The Morgan fingerprint density at radius 3 is 2.59 bits per heavy atom. The molecule has 0 bridgehead atoms. The molecule has 0 fully saturated rings. The van der Waals surface area contributed by atoms with Crippen LogP contribution in [0.1, 0.15) is 11.1 Å². The van der Waals surface area contributed by atoms with Crippen molar-refractivity contribution in [3.63, 3.8) is 0 Å². The van der Waals surface area contributed by atoms with Gasteiger partial charge in [0.25, 0.3) is 5.22 Å². The summed E-state index contributed by atoms with van der Waals surface area (Å²) in [5.74, 6) is 0.0325. The second-order valence-electron chi connectivity index (χ2n) is 6.12. The first kappa shape index (κ1) is 21.2. The lowest BCUT2D eigenvalue weighted by molar-refractivity contribution is -0.137. The number of aromatic nitrogens is 2. The molecule has 1 heterocycles. The number of rotatable bonds is 6. The van der Waals surface area contributed by atoms with E-state index in [4.69, 9.17) is 16.0 Å². The largest absolute Gasteiger partial charge is 0.416 e. The third-order valence-electron chi connectivity index (χ3n) is 3.92. The molecule has 0 unspecified atom stereocenters. The summed E-state index contributed by atoms with van der Waals surface area (Å²) in [7, 11) is 1.52. The van der Waals surface area contributed by atoms with Crippen LogP contribution in [0.5, 0.6) is 0 Å². The van der Waals surface area contributed by atoms with Gasteiger partial charge in [-0.2, -0.15) is 13.2 Å². The van der Waals surface area contributed by atoms with E-state index in [1.54, 1.807) is 30.3 Å². The molecule has 5 nitrogen and oxygen atoms in total. The van der Waals surface area contributed by atoms with Crippen molar-refractivity contribution in [1.29, 1.82) is 0 Å². The topological polar surface area (TPSA) is 59.2 Å². The number of halogens is 4. The molecule has 3 aromatic rings. The molecule has 0 atom stereocenters. The van der Waals surface area contributed by atoms with Gasteiger partial charge in [-0.1, -0.05) is 35.5 Å². The molecule has 10 heteroatoms. The van der Waals surface area contributed by atoms with Gasteiger partial charge in [0.15, 0.2) is 0 Å². The van der Waals surface area contributed by atoms with Crippen molar-refractivity contribution in [2.75, 3.05) is 12.8 Å². The molecule has 0 N–H and O–H groups in total. The maximum Gasteiger partial charge on any atom is 0.416 e. The van der Waals surface area contributed by atoms with Crippen molar-refractivity contribution in [3.8, 4) is 11.5 Å². The van der Waals surface area contributed by atoms with E-state index in [1.807, 2.05) is 0 Å². The van der Waals surface area contributed by atoms with E-state index >= 15 is 0 Å². The number of thioether (sulfide) groups is 1. The monoisotopic (exact) mass is 441 g/mol. The highest BCUT2D eigenvalue weighted by Gasteiger charge is 2.30. The van der Waals surface area contributed by atoms with Crippen LogP contribution in [0, 0.1) is 0 Å². The maximum atomic E-state index is 12.8. The Morgan fingerprint density at radius 2 is 1.90 bits per heavy atom. The fourth-order valence-corrected chi connectivity index (χ4v) is 3.25. The summed E-state index contributed by atoms with van der Waals surface area (Å²) >= 11 is 6.89. The molecule has 2 aromatic carbocycles. The molecule has 0 aliphatic carbocycles. The normalized spacial score (nSPS) is 11.5. The van der Waals surface area contributed by atoms with E-state index < -0.39 is 11.7 Å². The van der Waals surface area contributed by atoms with Crippen LogP contribution in [0.25, 0.3) is 11.5 Å². The Hall–Kier alpha value is -2.52. The van der Waals surface area contributed by atoms with Gasteiger partial charge >= 0.3 is 6.18 Å². The van der Waals surface area contributed by atoms with Crippen molar-refractivity contribution in [1.82, 2.24) is 15.1 Å². The number of hydrogen-bond acceptors (Lipinski definition) is 5. The molecular weight excluding hydrogens is 427 g/mol. The zero-order chi connectivity index (χ0) is 21.0. The Kier molecular flexibility index (Phi) is 6.49. The second-order valence-corrected chi connectivity index (χ2v) is 7.48. The highest BCUT2D eigenvalue weighted by Crippen LogP contribution is 2.30. The molecule has 0 spiro atoms. The first-order valence-electron chi connectivity index (χ1n) is 8.35. The number of nitrogens with zero attached hydrogens (tertiary/aromatic N) is 3. The first-order valence-corrected chi connectivity index (χ1v) is 9.71. The lowest BCUT2D eigenvalue weighted by Crippen LogP contribution is -2.27. The van der Waals surface area contributed by atoms with E-state index in [0.717, 1.165) is 23.9 Å². The first-order chi connectivity index (χ1) is 13.7. The number of alkyl halides is 3. The van der Waals surface area contributed by atoms with E-state index in [1.165, 1.54) is 18.0 Å². The van der Waals surface area contributed by atoms with Gasteiger partial charge in [-0.3, -0.25) is 4.79 Å². The van der Waals surface area contributed by atoms with E-state index in [2.05, 4.69) is 10.2 Å². The molecular formula is C19H15ClF3N3O2S. The van der Waals surface area contributed by atoms with Crippen molar-refractivity contribution in [2.24, 2.45) is 0 Å². The number of benzene rings is 2. The Morgan fingerprint density at radius 1 is 1.17 bits per heavy atom. The van der Waals surface area contributed by atoms with E-state index in [0.29, 0.717) is 22.0 Å². The van der Waals surface area contributed by atoms with Crippen LogP contribution in [0.4, 0.5) is 13.2 Å². The number of hydrogen-bond donors (Lipinski definition) is 0. The summed E-state index contributed by atoms with van der Waals surface area (Å²) < 4.78 is 43.9. The summed E-state index contributed by atoms with van der Waals surface area (Å²) in [6, 6.07) is 11.8. The molecule has 0 saturated heterocycles. The summed E-state index contributed by atoms with van der Waals surface area (Å²) in [5.41, 5.74) is 0.344. The van der Waals surface area contributed by atoms with Gasteiger partial charge in [0.1, 0.15) is 0 Å². The van der Waals surface area contributed by atoms with Crippen LogP contribution >= 0.6 is 23.4 Å². The lowest BCUT2D eigenvalue weighted by Gasteiger charge is -2.17. The molecule has 0 aliphatic rings. The SMILES string of the molecule is CN(Cc1cccc(C(F)(F)F)c1)C(=O)CSc1nnc(-c2ccc(Cl)cc2)o1. The van der Waals surface area contributed by atoms with Crippen molar-refractivity contribution in [2.45, 2.75) is 17.9 Å². The highest BCUT2D eigenvalue weighted by atomic mass is 35.5. The minimum Gasteiger partial charge on any atom is -0.411 e. The minimum atomic E-state index is -4.42. The third kappa shape index (κ3) is 5.74. The highest BCUT2D eigenvalue weighted by molar-refractivity contribution is 7.99. The lowest BCUT2D eigenvalue weighted by atomic mass is 10.1. The Labute approximate surface area is 173 Å². The molecule has 1 aromatic heterocycles. The molecule has 1 amide bonds. The molecule has 29 heavy (non-hydrogen) atoms. The standard InChI is InChI=1S/C19H15ClF3N3O2S/c1-26(10-12-3-2-4-14(9-12)19(21,22)23)16(27)11-29-18-25-24-17(28-18)13-5-7-15(20)8-6-13/h2-9H,10-11H2,1H3. The van der Waals surface area contributed by atoms with Gasteiger partial charge in [0.2, 0.25) is 11.8 Å². The fraction of sp³-hybridized carbons (Fsp3) is 0.211. The van der Waals surface area contributed by atoms with E-state index in [9.17, 15) is 18.0 Å². The molecule has 0 aliphatic heterocycles. The van der Waals surface area contributed by atoms with Crippen LogP contribution in [-0.2, 0) is 17.5 Å². The van der Waals surface area contributed by atoms with Crippen LogP contribution < -0.4 is 0 Å². The van der Waals surface area contributed by atoms with Gasteiger partial charge < -0.3 is 9.32 Å². The van der Waals surface area contributed by atoms with Crippen molar-refractivity contribution in [3.05, 3.63) is 64.7 Å². The van der Waals surface area contributed by atoms with Gasteiger partial charge in [0, 0.05) is 24.2 Å². The van der Waals surface area contributed by atoms with Crippen LogP contribution in [0.2, 0.25) is 5.02 Å². The van der Waals surface area contributed by atoms with Crippen LogP contribution in [0.3, 0.4) is 0 Å². The smallest absolute Gasteiger partial charge is 0.411 e. The zero-order valence-corrected chi connectivity index (χ0v) is 16.7. The molecule has 3 rings (SSSR count). The predicted octanol–water partition coefficient (Wildman–Crippen LogP) is 5.16. The van der Waals surface area contributed by atoms with Gasteiger partial charge in [-0.25, -0.2) is 0 Å². The van der Waals surface area contributed by atoms with Crippen LogP contribution in [0.15, 0.2) is 58.2 Å². The zero-order valence-electron chi connectivity index (χ0n) is 15.1. The van der Waals surface area contributed by atoms with Gasteiger partial charge in [-0.05, 0) is 42.0 Å². The second kappa shape index (κ2) is 8.87. The summed E-state index contributed by atoms with van der Waals surface area (Å²) in [5, 5.41) is 8.61. The van der Waals surface area contributed by atoms with Crippen LogP contribution in [-0.4, -0.2) is 33.8 Å². The number of carbonyl (C=O) groups excluding carboxylic acids is 1. The van der Waals surface area contributed by atoms with Gasteiger partial charge in [0.05, 0.1) is 11.3 Å². The Bertz CT molecular complexity index is 993.